The minimum Gasteiger partial charge on any atom is -0.452 e. The molecule has 0 saturated carbocycles. The van der Waals surface area contributed by atoms with Crippen molar-refractivity contribution in [2.75, 3.05) is 9.80 Å². The van der Waals surface area contributed by atoms with E-state index >= 15 is 0 Å². The molecule has 4 aromatic heterocycles. The molecule has 0 spiro atoms. The van der Waals surface area contributed by atoms with Gasteiger partial charge in [0.2, 0.25) is 0 Å². The maximum Gasteiger partial charge on any atom is 0.159 e. The predicted molar refractivity (Wildman–Crippen MR) is 478 cm³/mol. The highest BCUT2D eigenvalue weighted by Crippen LogP contribution is 2.63. The van der Waals surface area contributed by atoms with Gasteiger partial charge in [0, 0.05) is 65.9 Å². The number of nitrogens with zero attached hydrogens (tertiary/aromatic N) is 5. The highest BCUT2D eigenvalue weighted by atomic mass is 16.3. The van der Waals surface area contributed by atoms with Crippen molar-refractivity contribution in [3.63, 3.8) is 0 Å². The second-order valence-corrected chi connectivity index (χ2v) is 34.6. The highest BCUT2D eigenvalue weighted by molar-refractivity contribution is 6.17. The first-order chi connectivity index (χ1) is 61.2. The average molecular weight is 1480 g/mol. The maximum absolute atomic E-state index is 9.95. The van der Waals surface area contributed by atoms with Gasteiger partial charge in [-0.15, -0.1) is 0 Å². The van der Waals surface area contributed by atoms with Crippen molar-refractivity contribution >= 4 is 121 Å². The first-order valence-corrected chi connectivity index (χ1v) is 38.8. The molecule has 15 aromatic carbocycles. The van der Waals surface area contributed by atoms with Crippen molar-refractivity contribution < 1.29 is 26.3 Å². The molecule has 1 atom stereocenters. The summed E-state index contributed by atoms with van der Waals surface area (Å²) in [5, 5.41) is 2.83. The van der Waals surface area contributed by atoms with Gasteiger partial charge in [0.1, 0.15) is 0 Å². The van der Waals surface area contributed by atoms with Gasteiger partial charge in [0.05, 0.1) is 94.8 Å². The molecule has 2 aliphatic rings. The summed E-state index contributed by atoms with van der Waals surface area (Å²) in [5.41, 5.74) is 19.6. The van der Waals surface area contributed by atoms with Gasteiger partial charge in [0.25, 0.3) is 0 Å². The molecule has 1 unspecified atom stereocenters. The van der Waals surface area contributed by atoms with Crippen molar-refractivity contribution in [1.82, 2.24) is 13.7 Å². The van der Waals surface area contributed by atoms with E-state index in [4.69, 9.17) is 9.90 Å². The second-order valence-electron chi connectivity index (χ2n) is 34.6. The van der Waals surface area contributed by atoms with Crippen LogP contribution in [0.4, 0.5) is 34.1 Å². The van der Waals surface area contributed by atoms with E-state index in [1.807, 2.05) is 54.6 Å². The number of benzene rings is 15. The molecule has 548 valence electrons. The molecule has 21 rings (SSSR count). The molecule has 6 nitrogen and oxygen atoms in total. The number of rotatable bonds is 8. The minimum atomic E-state index is -0.674. The van der Waals surface area contributed by atoms with E-state index in [1.54, 1.807) is 16.7 Å². The Morgan fingerprint density at radius 3 is 1.19 bits per heavy atom. The summed E-state index contributed by atoms with van der Waals surface area (Å²) in [6.07, 6.45) is 0. The van der Waals surface area contributed by atoms with Crippen molar-refractivity contribution in [3.05, 3.63) is 354 Å². The Morgan fingerprint density at radius 2 is 0.681 bits per heavy atom. The van der Waals surface area contributed by atoms with Crippen LogP contribution in [0, 0.1) is 0 Å². The summed E-state index contributed by atoms with van der Waals surface area (Å²) in [7, 11) is 0. The van der Waals surface area contributed by atoms with Gasteiger partial charge in [-0.2, -0.15) is 0 Å². The van der Waals surface area contributed by atoms with Gasteiger partial charge in [-0.3, -0.25) is 0 Å². The molecule has 6 heterocycles. The van der Waals surface area contributed by atoms with E-state index in [0.29, 0.717) is 33.4 Å². The molecule has 0 N–H and O–H groups in total. The second kappa shape index (κ2) is 24.8. The fraction of sp³-hybridized carbons (Fsp3) is 0.159. The van der Waals surface area contributed by atoms with Gasteiger partial charge in [-0.05, 0) is 198 Å². The molecule has 19 aromatic rings. The molecule has 2 aliphatic heterocycles. The number of para-hydroxylation sites is 6. The van der Waals surface area contributed by atoms with E-state index in [0.717, 1.165) is 106 Å². The molecule has 0 amide bonds. The number of fused-ring (bicyclic) bond motifs is 16. The number of hydrogen-bond acceptors (Lipinski definition) is 3. The van der Waals surface area contributed by atoms with E-state index in [9.17, 15) is 16.4 Å². The zero-order valence-corrected chi connectivity index (χ0v) is 65.0. The zero-order chi connectivity index (χ0) is 90.8. The van der Waals surface area contributed by atoms with E-state index < -0.39 is 103 Å². The van der Waals surface area contributed by atoms with Gasteiger partial charge < -0.3 is 27.9 Å². The van der Waals surface area contributed by atoms with Gasteiger partial charge in [0.15, 0.2) is 11.2 Å². The number of aromatic nitrogens is 3. The van der Waals surface area contributed by atoms with Crippen molar-refractivity contribution in [2.45, 2.75) is 111 Å². The summed E-state index contributed by atoms with van der Waals surface area (Å²) >= 11 is 0. The number of anilines is 6. The van der Waals surface area contributed by atoms with Crippen LogP contribution in [0.2, 0.25) is 0 Å². The lowest BCUT2D eigenvalue weighted by Gasteiger charge is -2.45. The highest BCUT2D eigenvalue weighted by Gasteiger charge is 2.44. The van der Waals surface area contributed by atoms with Crippen LogP contribution in [0.3, 0.4) is 0 Å². The first kappa shape index (κ1) is 53.1. The fourth-order valence-corrected chi connectivity index (χ4v) is 17.7. The summed E-state index contributed by atoms with van der Waals surface area (Å²) in [4.78, 5) is 4.62. The Kier molecular flexibility index (Phi) is 11.6. The van der Waals surface area contributed by atoms with E-state index in [1.165, 1.54) is 15.7 Å². The van der Waals surface area contributed by atoms with E-state index in [2.05, 4.69) is 249 Å². The quantitative estimate of drug-likeness (QED) is 0.152. The van der Waals surface area contributed by atoms with Gasteiger partial charge >= 0.3 is 0 Å². The largest absolute Gasteiger partial charge is 0.452 e. The molecular weight excluding hydrogens is 1370 g/mol. The van der Waals surface area contributed by atoms with Crippen LogP contribution in [0.25, 0.3) is 138 Å². The first-order valence-electron chi connectivity index (χ1n) is 46.8. The molecule has 0 saturated heterocycles. The topological polar surface area (TPSA) is 34.4 Å². The Hall–Kier alpha value is -12.9. The third-order valence-electron chi connectivity index (χ3n) is 23.5. The van der Waals surface area contributed by atoms with Crippen molar-refractivity contribution in [3.8, 4) is 50.4 Å². The lowest BCUT2D eigenvalue weighted by atomic mass is 9.74. The molecule has 0 radical (unpaired) electrons. The van der Waals surface area contributed by atoms with Crippen LogP contribution in [-0.4, -0.2) is 13.7 Å². The van der Waals surface area contributed by atoms with Crippen molar-refractivity contribution in [1.29, 1.82) is 0 Å². The maximum atomic E-state index is 9.95. The Bertz CT molecular complexity index is 7880. The lowest BCUT2D eigenvalue weighted by molar-refractivity contribution is 0.569. The third kappa shape index (κ3) is 10.7. The number of hydrogen-bond donors (Lipinski definition) is 0. The Labute approximate surface area is 683 Å². The van der Waals surface area contributed by atoms with Crippen molar-refractivity contribution in [2.24, 2.45) is 0 Å². The van der Waals surface area contributed by atoms with Crippen LogP contribution >= 0.6 is 0 Å². The smallest absolute Gasteiger partial charge is 0.159 e. The fourth-order valence-electron chi connectivity index (χ4n) is 17.7. The van der Waals surface area contributed by atoms with Crippen LogP contribution in [0.5, 0.6) is 0 Å². The summed E-state index contributed by atoms with van der Waals surface area (Å²) in [6, 6.07) is 68.4. The number of furan rings is 1. The minimum absolute atomic E-state index is 0.0680. The van der Waals surface area contributed by atoms with Crippen LogP contribution in [0.1, 0.15) is 150 Å². The van der Waals surface area contributed by atoms with E-state index in [-0.39, 0.29) is 82.2 Å². The summed E-state index contributed by atoms with van der Waals surface area (Å²) in [6.45, 7) is 26.9. The molecule has 6 heteroatoms. The molecule has 0 bridgehead atoms. The van der Waals surface area contributed by atoms with Gasteiger partial charge in [-0.1, -0.05) is 289 Å². The zero-order valence-electron chi connectivity index (χ0n) is 81.0. The summed E-state index contributed by atoms with van der Waals surface area (Å²) in [5.74, 6) is -0.674. The lowest BCUT2D eigenvalue weighted by Crippen LogP contribution is -2.30. The molecule has 0 fully saturated rings. The molecular formula is C107H89N5O. The van der Waals surface area contributed by atoms with Crippen LogP contribution in [0.15, 0.2) is 319 Å². The average Bonchev–Trinajstić information content (AvgIpc) is 1.69. The van der Waals surface area contributed by atoms with Gasteiger partial charge in [-0.25, -0.2) is 0 Å². The molecule has 0 aliphatic carbocycles. The van der Waals surface area contributed by atoms with Crippen LogP contribution in [-0.2, 0) is 21.7 Å². The SMILES string of the molecule is [2H]c1c([2H])c([2H])c2c(c1[2H])c1c([2H])c([2H])c([2H])c([2H])c1n2-c1ccc2c(c1)N(c1cccc3c1oc1c(-n4c5c([2H])c([2H])c([2H])c([2H])c5c5c([2H])c([2H])c([2H])c([2H])c54)cccc13)c1cc(-n3c4ccc(C(C)(C)C)cc4c4cc(C(C)(C)C)ccc43)cc3c1C2c1ccc(-c2cc(C(C)(C)C)cc(C(C)(C)C)c2)cc1N3c1cc(-c2ccccc2)cc(-c2ccccc2)c1. The Morgan fingerprint density at radius 1 is 0.257 bits per heavy atom. The predicted octanol–water partition coefficient (Wildman–Crippen LogP) is 29.8. The monoisotopic (exact) mass is 1480 g/mol. The molecule has 113 heavy (non-hydrogen) atoms. The van der Waals surface area contributed by atoms with Crippen LogP contribution < -0.4 is 9.80 Å². The standard InChI is InChI=1S/C107H89N5O/c1-104(2,3)71-46-51-92-86(60-71)87-61-72(105(4,5)6)47-52-93(87)109(92)77-63-98-101-99(64-77)112(95-44-28-38-83-82-37-27-43-94(102(82)113-103(83)95)111-90-41-25-21-35-80(90)81-36-22-26-42-91(81)111)97-62-75(108-88-39-23-19-33-78(88)79-34-20-24-40-89(79)108)48-50-85(97)100(101)84-49-45-67(70-54-73(106(7,8)9)59-74(55-70)107(10,11)12)58-96(84)110(98)76-56-68(65-29-15-13-16-30-65)53-69(57-76)66-31-17-14-18-32-66/h13-64,100H,1-12H3/i19D,20D,21D,22D,23D,24D,25D,26D,33D,34D,35D,36D,39D,40D,41D,42D. The normalized spacial score (nSPS) is 15.9. The third-order valence-corrected chi connectivity index (χ3v) is 23.5. The summed E-state index contributed by atoms with van der Waals surface area (Å²) < 4.78 is 164. The Balaban J connectivity index is 0.959.